The number of rotatable bonds is 7. The quantitative estimate of drug-likeness (QED) is 0.702. The first-order chi connectivity index (χ1) is 8.13. The second-order valence-corrected chi connectivity index (χ2v) is 4.88. The van der Waals surface area contributed by atoms with Crippen LogP contribution in [0.2, 0.25) is 0 Å². The number of nitrogens with one attached hydrogen (secondary N) is 1. The summed E-state index contributed by atoms with van der Waals surface area (Å²) < 4.78 is 0. The fourth-order valence-electron chi connectivity index (χ4n) is 2.02. The first-order valence-corrected chi connectivity index (χ1v) is 6.57. The third kappa shape index (κ3) is 5.18. The molecule has 0 aliphatic carbocycles. The van der Waals surface area contributed by atoms with Crippen molar-refractivity contribution >= 4 is 0 Å². The lowest BCUT2D eigenvalue weighted by atomic mass is 10.00. The molecule has 0 bridgehead atoms. The highest BCUT2D eigenvalue weighted by atomic mass is 14.9. The Morgan fingerprint density at radius 1 is 1.41 bits per heavy atom. The molecule has 0 saturated carbocycles. The van der Waals surface area contributed by atoms with Gasteiger partial charge in [0.1, 0.15) is 0 Å². The van der Waals surface area contributed by atoms with E-state index in [2.05, 4.69) is 56.9 Å². The zero-order valence-corrected chi connectivity index (χ0v) is 11.4. The van der Waals surface area contributed by atoms with Gasteiger partial charge in [0, 0.05) is 6.04 Å². The van der Waals surface area contributed by atoms with Crippen LogP contribution >= 0.6 is 0 Å². The van der Waals surface area contributed by atoms with E-state index in [1.165, 1.54) is 23.1 Å². The van der Waals surface area contributed by atoms with Crippen LogP contribution in [0.15, 0.2) is 36.4 Å². The van der Waals surface area contributed by atoms with Gasteiger partial charge in [0.2, 0.25) is 0 Å². The summed E-state index contributed by atoms with van der Waals surface area (Å²) in [5, 5.41) is 3.55. The molecule has 0 aromatic heterocycles. The van der Waals surface area contributed by atoms with Gasteiger partial charge >= 0.3 is 0 Å². The topological polar surface area (TPSA) is 12.0 Å². The normalized spacial score (nSPS) is 12.4. The fourth-order valence-corrected chi connectivity index (χ4v) is 2.02. The van der Waals surface area contributed by atoms with Crippen LogP contribution < -0.4 is 5.32 Å². The lowest BCUT2D eigenvalue weighted by molar-refractivity contribution is 0.533. The number of hydrogen-bond acceptors (Lipinski definition) is 1. The first kappa shape index (κ1) is 14.0. The highest BCUT2D eigenvalue weighted by Gasteiger charge is 2.08. The summed E-state index contributed by atoms with van der Waals surface area (Å²) in [4.78, 5) is 0. The predicted molar refractivity (Wildman–Crippen MR) is 76.4 cm³/mol. The van der Waals surface area contributed by atoms with Gasteiger partial charge in [-0.2, -0.15) is 0 Å². The number of benzene rings is 1. The molecule has 1 heteroatoms. The Morgan fingerprint density at radius 3 is 2.76 bits per heavy atom. The van der Waals surface area contributed by atoms with Crippen LogP contribution in [0, 0.1) is 6.92 Å². The van der Waals surface area contributed by atoms with Crippen molar-refractivity contribution in [1.29, 1.82) is 0 Å². The molecule has 0 spiro atoms. The van der Waals surface area contributed by atoms with Crippen LogP contribution in [0.3, 0.4) is 0 Å². The third-order valence-corrected chi connectivity index (χ3v) is 3.04. The van der Waals surface area contributed by atoms with E-state index in [1.807, 2.05) is 0 Å². The van der Waals surface area contributed by atoms with Crippen molar-refractivity contribution in [2.75, 3.05) is 6.54 Å². The van der Waals surface area contributed by atoms with Gasteiger partial charge in [0.05, 0.1) is 0 Å². The highest BCUT2D eigenvalue weighted by Crippen LogP contribution is 2.11. The Kier molecular flexibility index (Phi) is 5.99. The molecule has 1 unspecified atom stereocenters. The van der Waals surface area contributed by atoms with Gasteiger partial charge in [0.25, 0.3) is 0 Å². The monoisotopic (exact) mass is 231 g/mol. The van der Waals surface area contributed by atoms with Crippen LogP contribution in [0.1, 0.15) is 37.8 Å². The van der Waals surface area contributed by atoms with Crippen molar-refractivity contribution in [2.24, 2.45) is 0 Å². The van der Waals surface area contributed by atoms with Crippen LogP contribution in [0.25, 0.3) is 0 Å². The Balaban J connectivity index is 2.48. The summed E-state index contributed by atoms with van der Waals surface area (Å²) in [6.07, 6.45) is 3.43. The fraction of sp³-hybridized carbons (Fsp3) is 0.500. The zero-order valence-electron chi connectivity index (χ0n) is 11.4. The molecule has 1 nitrogen and oxygen atoms in total. The van der Waals surface area contributed by atoms with E-state index in [0.29, 0.717) is 6.04 Å². The minimum Gasteiger partial charge on any atom is -0.310 e. The summed E-state index contributed by atoms with van der Waals surface area (Å²) >= 11 is 0. The van der Waals surface area contributed by atoms with Crippen molar-refractivity contribution in [3.8, 4) is 0 Å². The number of hydrogen-bond donors (Lipinski definition) is 1. The van der Waals surface area contributed by atoms with Crippen molar-refractivity contribution in [2.45, 2.75) is 46.1 Å². The van der Waals surface area contributed by atoms with E-state index in [0.717, 1.165) is 19.4 Å². The maximum Gasteiger partial charge on any atom is 0.0277 e. The summed E-state index contributed by atoms with van der Waals surface area (Å²) in [5.41, 5.74) is 4.01. The molecule has 0 aliphatic heterocycles. The summed E-state index contributed by atoms with van der Waals surface area (Å²) in [6, 6.07) is 9.22. The minimum absolute atomic E-state index is 0.454. The molecule has 0 radical (unpaired) electrons. The molecule has 0 heterocycles. The predicted octanol–water partition coefficient (Wildman–Crippen LogP) is 3.87. The largest absolute Gasteiger partial charge is 0.310 e. The standard InChI is InChI=1S/C16H25N/c1-5-11-17-16(13(2)3)10-9-15-8-6-7-14(4)12-15/h6-8,12,16-17H,2,5,9-11H2,1,3-4H3. The Hall–Kier alpha value is -1.08. The lowest BCUT2D eigenvalue weighted by Crippen LogP contribution is -2.31. The molecule has 0 amide bonds. The van der Waals surface area contributed by atoms with Gasteiger partial charge in [-0.1, -0.05) is 48.9 Å². The van der Waals surface area contributed by atoms with Crippen LogP contribution in [0.5, 0.6) is 0 Å². The molecule has 1 N–H and O–H groups in total. The number of aryl methyl sites for hydroxylation is 2. The lowest BCUT2D eigenvalue weighted by Gasteiger charge is -2.18. The Bertz CT molecular complexity index is 354. The second-order valence-electron chi connectivity index (χ2n) is 4.88. The molecule has 17 heavy (non-hydrogen) atoms. The van der Waals surface area contributed by atoms with E-state index in [1.54, 1.807) is 0 Å². The molecule has 1 atom stereocenters. The van der Waals surface area contributed by atoms with E-state index in [-0.39, 0.29) is 0 Å². The molecular weight excluding hydrogens is 206 g/mol. The summed E-state index contributed by atoms with van der Waals surface area (Å²) in [7, 11) is 0. The maximum absolute atomic E-state index is 4.08. The SMILES string of the molecule is C=C(C)C(CCc1cccc(C)c1)NCCC. The van der Waals surface area contributed by atoms with E-state index < -0.39 is 0 Å². The molecule has 94 valence electrons. The molecule has 1 aromatic carbocycles. The average Bonchev–Trinajstić information content (AvgIpc) is 2.28. The smallest absolute Gasteiger partial charge is 0.0277 e. The van der Waals surface area contributed by atoms with Crippen molar-refractivity contribution in [3.05, 3.63) is 47.5 Å². The molecule has 1 rings (SSSR count). The van der Waals surface area contributed by atoms with Gasteiger partial charge in [-0.05, 0) is 45.2 Å². The van der Waals surface area contributed by atoms with Crippen molar-refractivity contribution in [3.63, 3.8) is 0 Å². The van der Waals surface area contributed by atoms with Gasteiger partial charge < -0.3 is 5.32 Å². The third-order valence-electron chi connectivity index (χ3n) is 3.04. The molecule has 0 fully saturated rings. The molecular formula is C16H25N. The average molecular weight is 231 g/mol. The summed E-state index contributed by atoms with van der Waals surface area (Å²) in [6.45, 7) is 11.6. The zero-order chi connectivity index (χ0) is 12.7. The summed E-state index contributed by atoms with van der Waals surface area (Å²) in [5.74, 6) is 0. The van der Waals surface area contributed by atoms with Crippen molar-refractivity contribution in [1.82, 2.24) is 5.32 Å². The van der Waals surface area contributed by atoms with Gasteiger partial charge in [-0.3, -0.25) is 0 Å². The minimum atomic E-state index is 0.454. The first-order valence-electron chi connectivity index (χ1n) is 6.57. The van der Waals surface area contributed by atoms with E-state index in [9.17, 15) is 0 Å². The Morgan fingerprint density at radius 2 is 2.18 bits per heavy atom. The highest BCUT2D eigenvalue weighted by molar-refractivity contribution is 5.22. The van der Waals surface area contributed by atoms with Crippen LogP contribution in [-0.2, 0) is 6.42 Å². The van der Waals surface area contributed by atoms with E-state index >= 15 is 0 Å². The van der Waals surface area contributed by atoms with Gasteiger partial charge in [-0.25, -0.2) is 0 Å². The maximum atomic E-state index is 4.08. The second kappa shape index (κ2) is 7.29. The molecule has 1 aromatic rings. The van der Waals surface area contributed by atoms with Crippen molar-refractivity contribution < 1.29 is 0 Å². The van der Waals surface area contributed by atoms with Gasteiger partial charge in [-0.15, -0.1) is 0 Å². The molecule has 0 aliphatic rings. The van der Waals surface area contributed by atoms with Gasteiger partial charge in [0.15, 0.2) is 0 Å². The Labute approximate surface area is 106 Å². The van der Waals surface area contributed by atoms with E-state index in [4.69, 9.17) is 0 Å². The molecule has 0 saturated heterocycles. The van der Waals surface area contributed by atoms with Crippen LogP contribution in [-0.4, -0.2) is 12.6 Å². The van der Waals surface area contributed by atoms with Crippen LogP contribution in [0.4, 0.5) is 0 Å².